The number of para-hydroxylation sites is 1. The van der Waals surface area contributed by atoms with E-state index in [1.165, 1.54) is 4.90 Å². The SMILES string of the molecule is CC[C@@H](NC(=O)N1C(=O)[C@H](Cc2ccnc(N)c2)[C@H]1C(=O)N(C)c1ccccc1)c1ccccc1. The van der Waals surface area contributed by atoms with Gasteiger partial charge in [-0.25, -0.2) is 9.78 Å². The number of urea groups is 1. The van der Waals surface area contributed by atoms with E-state index in [0.29, 0.717) is 17.9 Å². The summed E-state index contributed by atoms with van der Waals surface area (Å²) >= 11 is 0. The number of hydrogen-bond acceptors (Lipinski definition) is 5. The predicted molar refractivity (Wildman–Crippen MR) is 134 cm³/mol. The molecule has 8 heteroatoms. The van der Waals surface area contributed by atoms with Crippen molar-refractivity contribution in [3.8, 4) is 0 Å². The summed E-state index contributed by atoms with van der Waals surface area (Å²) in [6, 6.07) is 20.4. The summed E-state index contributed by atoms with van der Waals surface area (Å²) in [6.07, 6.45) is 2.49. The Morgan fingerprint density at radius 3 is 2.37 bits per heavy atom. The number of rotatable bonds is 7. The van der Waals surface area contributed by atoms with Crippen LogP contribution in [0.2, 0.25) is 0 Å². The first kappa shape index (κ1) is 23.9. The summed E-state index contributed by atoms with van der Waals surface area (Å²) in [5.74, 6) is -1.06. The fourth-order valence-electron chi connectivity index (χ4n) is 4.43. The number of aromatic nitrogens is 1. The molecule has 1 aliphatic heterocycles. The molecule has 0 radical (unpaired) electrons. The van der Waals surface area contributed by atoms with Crippen molar-refractivity contribution in [2.24, 2.45) is 5.92 Å². The number of amides is 4. The standard InChI is InChI=1S/C27H29N5O3/c1-3-22(19-10-6-4-7-11-19)30-27(35)32-24(26(34)31(2)20-12-8-5-9-13-20)21(25(32)33)16-18-14-15-29-23(28)17-18/h4-15,17,21-22,24H,3,16H2,1-2H3,(H2,28,29)(H,30,35)/t21-,22-,24+/m1/s1. The second-order valence-corrected chi connectivity index (χ2v) is 8.61. The van der Waals surface area contributed by atoms with E-state index in [2.05, 4.69) is 10.3 Å². The molecular formula is C27H29N5O3. The van der Waals surface area contributed by atoms with Crippen LogP contribution in [0.4, 0.5) is 16.3 Å². The van der Waals surface area contributed by atoms with Crippen LogP contribution in [0.5, 0.6) is 0 Å². The number of likely N-dealkylation sites (N-methyl/N-ethyl adjacent to an activating group) is 1. The number of carbonyl (C=O) groups is 3. The molecule has 2 heterocycles. The van der Waals surface area contributed by atoms with Gasteiger partial charge < -0.3 is 16.0 Å². The molecule has 0 aliphatic carbocycles. The van der Waals surface area contributed by atoms with Gasteiger partial charge in [0.05, 0.1) is 12.0 Å². The van der Waals surface area contributed by atoms with Gasteiger partial charge >= 0.3 is 6.03 Å². The Balaban J connectivity index is 1.59. The number of nitrogen functional groups attached to an aromatic ring is 1. The smallest absolute Gasteiger partial charge is 0.325 e. The lowest BCUT2D eigenvalue weighted by Gasteiger charge is -2.46. The van der Waals surface area contributed by atoms with Crippen LogP contribution in [0.15, 0.2) is 79.0 Å². The van der Waals surface area contributed by atoms with Crippen LogP contribution in [0.3, 0.4) is 0 Å². The Kier molecular flexibility index (Phi) is 7.10. The average molecular weight is 472 g/mol. The number of nitrogens with zero attached hydrogens (tertiary/aromatic N) is 3. The van der Waals surface area contributed by atoms with E-state index in [-0.39, 0.29) is 24.3 Å². The monoisotopic (exact) mass is 471 g/mol. The van der Waals surface area contributed by atoms with Crippen molar-refractivity contribution in [2.45, 2.75) is 31.8 Å². The largest absolute Gasteiger partial charge is 0.384 e. The van der Waals surface area contributed by atoms with Crippen LogP contribution >= 0.6 is 0 Å². The third-order valence-corrected chi connectivity index (χ3v) is 6.37. The molecule has 2 aromatic carbocycles. The van der Waals surface area contributed by atoms with Crippen LogP contribution in [0, 0.1) is 5.92 Å². The van der Waals surface area contributed by atoms with Crippen molar-refractivity contribution in [3.63, 3.8) is 0 Å². The minimum absolute atomic E-state index is 0.279. The fourth-order valence-corrected chi connectivity index (χ4v) is 4.43. The Labute approximate surface area is 204 Å². The highest BCUT2D eigenvalue weighted by atomic mass is 16.2. The first-order chi connectivity index (χ1) is 16.9. The molecule has 0 unspecified atom stereocenters. The average Bonchev–Trinajstić information content (AvgIpc) is 2.89. The zero-order chi connectivity index (χ0) is 24.9. The number of β-lactam (4-membered cyclic amide) rings is 1. The molecule has 3 N–H and O–H groups in total. The molecular weight excluding hydrogens is 442 g/mol. The van der Waals surface area contributed by atoms with Gasteiger partial charge in [-0.1, -0.05) is 55.5 Å². The lowest BCUT2D eigenvalue weighted by atomic mass is 9.81. The van der Waals surface area contributed by atoms with Crippen molar-refractivity contribution in [1.29, 1.82) is 0 Å². The zero-order valence-corrected chi connectivity index (χ0v) is 19.8. The molecule has 4 rings (SSSR count). The number of nitrogens with two attached hydrogens (primary N) is 1. The van der Waals surface area contributed by atoms with E-state index < -0.39 is 18.0 Å². The van der Waals surface area contributed by atoms with E-state index in [1.54, 1.807) is 25.4 Å². The van der Waals surface area contributed by atoms with Crippen LogP contribution in [-0.4, -0.2) is 40.8 Å². The van der Waals surface area contributed by atoms with Crippen molar-refractivity contribution in [1.82, 2.24) is 15.2 Å². The number of likely N-dealkylation sites (tertiary alicyclic amines) is 1. The first-order valence-electron chi connectivity index (χ1n) is 11.6. The zero-order valence-electron chi connectivity index (χ0n) is 19.8. The maximum atomic E-state index is 13.6. The highest BCUT2D eigenvalue weighted by Gasteiger charge is 2.55. The van der Waals surface area contributed by atoms with Gasteiger partial charge in [0.15, 0.2) is 0 Å². The van der Waals surface area contributed by atoms with Gasteiger partial charge in [-0.15, -0.1) is 0 Å². The summed E-state index contributed by atoms with van der Waals surface area (Å²) in [6.45, 7) is 1.96. The highest BCUT2D eigenvalue weighted by molar-refractivity contribution is 6.12. The van der Waals surface area contributed by atoms with Gasteiger partial charge in [0, 0.05) is 18.9 Å². The molecule has 1 aliphatic rings. The third kappa shape index (κ3) is 5.01. The second kappa shape index (κ2) is 10.4. The number of pyridine rings is 1. The van der Waals surface area contributed by atoms with Gasteiger partial charge in [-0.3, -0.25) is 14.5 Å². The van der Waals surface area contributed by atoms with E-state index in [4.69, 9.17) is 5.73 Å². The molecule has 0 saturated carbocycles. The number of nitrogens with one attached hydrogen (secondary N) is 1. The number of carbonyl (C=O) groups excluding carboxylic acids is 3. The van der Waals surface area contributed by atoms with Gasteiger partial charge in [-0.2, -0.15) is 0 Å². The predicted octanol–water partition coefficient (Wildman–Crippen LogP) is 3.56. The van der Waals surface area contributed by atoms with Crippen LogP contribution in [0.25, 0.3) is 0 Å². The quantitative estimate of drug-likeness (QED) is 0.512. The molecule has 1 aromatic heterocycles. The van der Waals surface area contributed by atoms with Crippen molar-refractivity contribution < 1.29 is 14.4 Å². The topological polar surface area (TPSA) is 109 Å². The van der Waals surface area contributed by atoms with Crippen LogP contribution in [-0.2, 0) is 16.0 Å². The second-order valence-electron chi connectivity index (χ2n) is 8.61. The summed E-state index contributed by atoms with van der Waals surface area (Å²) in [7, 11) is 1.65. The summed E-state index contributed by atoms with van der Waals surface area (Å²) < 4.78 is 0. The molecule has 8 nitrogen and oxygen atoms in total. The molecule has 4 amide bonds. The minimum Gasteiger partial charge on any atom is -0.384 e. The number of anilines is 2. The summed E-state index contributed by atoms with van der Waals surface area (Å²) in [4.78, 5) is 46.6. The van der Waals surface area contributed by atoms with Crippen molar-refractivity contribution >= 4 is 29.4 Å². The van der Waals surface area contributed by atoms with E-state index in [0.717, 1.165) is 16.0 Å². The number of benzene rings is 2. The summed E-state index contributed by atoms with van der Waals surface area (Å²) in [5, 5.41) is 2.94. The maximum absolute atomic E-state index is 13.6. The van der Waals surface area contributed by atoms with Gasteiger partial charge in [0.1, 0.15) is 11.9 Å². The highest BCUT2D eigenvalue weighted by Crippen LogP contribution is 2.33. The van der Waals surface area contributed by atoms with Gasteiger partial charge in [0.2, 0.25) is 5.91 Å². The maximum Gasteiger partial charge on any atom is 0.325 e. The van der Waals surface area contributed by atoms with Crippen molar-refractivity contribution in [2.75, 3.05) is 17.7 Å². The Hall–Kier alpha value is -4.20. The van der Waals surface area contributed by atoms with E-state index in [1.807, 2.05) is 67.6 Å². The molecule has 0 spiro atoms. The molecule has 3 aromatic rings. The third-order valence-electron chi connectivity index (χ3n) is 6.37. The normalized spacial score (nSPS) is 17.9. The lowest BCUT2D eigenvalue weighted by Crippen LogP contribution is -2.70. The molecule has 0 bridgehead atoms. The number of imide groups is 1. The summed E-state index contributed by atoms with van der Waals surface area (Å²) in [5.41, 5.74) is 8.20. The van der Waals surface area contributed by atoms with Crippen molar-refractivity contribution in [3.05, 3.63) is 90.1 Å². The van der Waals surface area contributed by atoms with Gasteiger partial charge in [-0.05, 0) is 48.2 Å². The molecule has 35 heavy (non-hydrogen) atoms. The Morgan fingerprint density at radius 1 is 1.09 bits per heavy atom. The van der Waals surface area contributed by atoms with Gasteiger partial charge in [0.25, 0.3) is 5.91 Å². The molecule has 1 saturated heterocycles. The molecule has 1 fully saturated rings. The molecule has 3 atom stereocenters. The number of hydrogen-bond donors (Lipinski definition) is 2. The van der Waals surface area contributed by atoms with Crippen LogP contribution < -0.4 is 16.0 Å². The lowest BCUT2D eigenvalue weighted by molar-refractivity contribution is -0.156. The molecule has 180 valence electrons. The Bertz CT molecular complexity index is 1200. The first-order valence-corrected chi connectivity index (χ1v) is 11.6. The van der Waals surface area contributed by atoms with E-state index >= 15 is 0 Å². The minimum atomic E-state index is -0.935. The van der Waals surface area contributed by atoms with E-state index in [9.17, 15) is 14.4 Å². The fraction of sp³-hybridized carbons (Fsp3) is 0.259. The Morgan fingerprint density at radius 2 is 1.74 bits per heavy atom. The van der Waals surface area contributed by atoms with Crippen LogP contribution in [0.1, 0.15) is 30.5 Å².